The summed E-state index contributed by atoms with van der Waals surface area (Å²) in [5.41, 5.74) is 0. The normalized spacial score (nSPS) is 10.0. The molecule has 0 nitrogen and oxygen atoms in total. The van der Waals surface area contributed by atoms with Crippen molar-refractivity contribution in [3.63, 3.8) is 0 Å². The Morgan fingerprint density at radius 1 is 0.588 bits per heavy atom. The molecule has 0 unspecified atom stereocenters. The minimum atomic E-state index is 1.25. The molecule has 0 fully saturated rings. The molecule has 0 amide bonds. The molecule has 0 saturated carbocycles. The van der Waals surface area contributed by atoms with Crippen LogP contribution in [-0.2, 0) is 0 Å². The summed E-state index contributed by atoms with van der Waals surface area (Å²) in [5.74, 6) is 0. The molecule has 0 aromatic heterocycles. The van der Waals surface area contributed by atoms with E-state index in [4.69, 9.17) is 0 Å². The third-order valence-electron chi connectivity index (χ3n) is 2.65. The highest BCUT2D eigenvalue weighted by molar-refractivity contribution is 6.07. The van der Waals surface area contributed by atoms with E-state index in [0.29, 0.717) is 0 Å². The highest BCUT2D eigenvalue weighted by Crippen LogP contribution is 2.24. The third kappa shape index (κ3) is 2.47. The lowest BCUT2D eigenvalue weighted by Gasteiger charge is -2.02. The Morgan fingerprint density at radius 2 is 0.941 bits per heavy atom. The van der Waals surface area contributed by atoms with Gasteiger partial charge in [0.25, 0.3) is 0 Å². The van der Waals surface area contributed by atoms with Crippen LogP contribution in [0.5, 0.6) is 0 Å². The molecule has 0 heteroatoms. The molecule has 0 saturated heterocycles. The SMILES string of the molecule is CCC.c1ccc2c(c1)ccc1ccccc12. The maximum Gasteiger partial charge on any atom is -0.0105 e. The molecule has 17 heavy (non-hydrogen) atoms. The van der Waals surface area contributed by atoms with E-state index in [2.05, 4.69) is 74.5 Å². The second-order valence-corrected chi connectivity index (χ2v) is 4.21. The molecule has 3 aromatic carbocycles. The summed E-state index contributed by atoms with van der Waals surface area (Å²) in [7, 11) is 0. The van der Waals surface area contributed by atoms with E-state index >= 15 is 0 Å². The van der Waals surface area contributed by atoms with Crippen LogP contribution in [0.2, 0.25) is 0 Å². The van der Waals surface area contributed by atoms with Crippen molar-refractivity contribution < 1.29 is 0 Å². The molecule has 0 bridgehead atoms. The van der Waals surface area contributed by atoms with Crippen LogP contribution >= 0.6 is 0 Å². The first-order valence-electron chi connectivity index (χ1n) is 6.23. The second kappa shape index (κ2) is 5.49. The number of benzene rings is 3. The lowest BCUT2D eigenvalue weighted by molar-refractivity contribution is 1.09. The van der Waals surface area contributed by atoms with Crippen LogP contribution in [0.4, 0.5) is 0 Å². The van der Waals surface area contributed by atoms with Crippen molar-refractivity contribution in [1.82, 2.24) is 0 Å². The first kappa shape index (κ1) is 11.7. The van der Waals surface area contributed by atoms with Crippen LogP contribution in [0.25, 0.3) is 21.5 Å². The molecule has 0 radical (unpaired) electrons. The zero-order valence-corrected chi connectivity index (χ0v) is 10.5. The van der Waals surface area contributed by atoms with Gasteiger partial charge in [0.05, 0.1) is 0 Å². The van der Waals surface area contributed by atoms with Crippen molar-refractivity contribution in [2.75, 3.05) is 0 Å². The van der Waals surface area contributed by atoms with E-state index in [9.17, 15) is 0 Å². The molecule has 0 N–H and O–H groups in total. The Morgan fingerprint density at radius 3 is 1.35 bits per heavy atom. The molecule has 0 aliphatic carbocycles. The molecule has 0 spiro atoms. The Hall–Kier alpha value is -1.82. The first-order valence-corrected chi connectivity index (χ1v) is 6.23. The minimum Gasteiger partial charge on any atom is -0.0656 e. The smallest absolute Gasteiger partial charge is 0.0105 e. The average Bonchev–Trinajstić information content (AvgIpc) is 2.40. The predicted octanol–water partition coefficient (Wildman–Crippen LogP) is 5.41. The standard InChI is InChI=1S/C14H10.C3H8/c1-3-7-13-11(5-1)9-10-12-6-2-4-8-14(12)13;1-3-2/h1-10H;3H2,1-2H3. The lowest BCUT2D eigenvalue weighted by atomic mass is 10.0. The van der Waals surface area contributed by atoms with Crippen molar-refractivity contribution in [1.29, 1.82) is 0 Å². The highest BCUT2D eigenvalue weighted by Gasteiger charge is 1.97. The Labute approximate surface area is 103 Å². The molecule has 3 aromatic rings. The molecule has 3 rings (SSSR count). The predicted molar refractivity (Wildman–Crippen MR) is 77.4 cm³/mol. The van der Waals surface area contributed by atoms with Gasteiger partial charge >= 0.3 is 0 Å². The van der Waals surface area contributed by atoms with Crippen LogP contribution in [0.15, 0.2) is 60.7 Å². The minimum absolute atomic E-state index is 1.25. The Balaban J connectivity index is 0.000000329. The summed E-state index contributed by atoms with van der Waals surface area (Å²) >= 11 is 0. The summed E-state index contributed by atoms with van der Waals surface area (Å²) in [6.45, 7) is 4.25. The van der Waals surface area contributed by atoms with E-state index in [1.807, 2.05) is 0 Å². The van der Waals surface area contributed by atoms with Crippen LogP contribution in [-0.4, -0.2) is 0 Å². The van der Waals surface area contributed by atoms with Gasteiger partial charge in [0, 0.05) is 0 Å². The van der Waals surface area contributed by atoms with Gasteiger partial charge in [-0.1, -0.05) is 80.9 Å². The monoisotopic (exact) mass is 222 g/mol. The zero-order valence-electron chi connectivity index (χ0n) is 10.5. The number of hydrogen-bond acceptors (Lipinski definition) is 0. The second-order valence-electron chi connectivity index (χ2n) is 4.21. The Bertz CT molecular complexity index is 554. The largest absolute Gasteiger partial charge is 0.0656 e. The topological polar surface area (TPSA) is 0 Å². The first-order chi connectivity index (χ1) is 8.36. The van der Waals surface area contributed by atoms with Gasteiger partial charge in [-0.2, -0.15) is 0 Å². The molecular formula is C17H18. The Kier molecular flexibility index (Phi) is 3.77. The van der Waals surface area contributed by atoms with Crippen LogP contribution < -0.4 is 0 Å². The molecule has 86 valence electrons. The summed E-state index contributed by atoms with van der Waals surface area (Å²) in [6.07, 6.45) is 1.25. The van der Waals surface area contributed by atoms with Gasteiger partial charge in [-0.25, -0.2) is 0 Å². The maximum atomic E-state index is 2.18. The van der Waals surface area contributed by atoms with Gasteiger partial charge in [0.15, 0.2) is 0 Å². The van der Waals surface area contributed by atoms with Crippen molar-refractivity contribution in [2.24, 2.45) is 0 Å². The van der Waals surface area contributed by atoms with Crippen molar-refractivity contribution in [3.05, 3.63) is 60.7 Å². The van der Waals surface area contributed by atoms with E-state index < -0.39 is 0 Å². The van der Waals surface area contributed by atoms with Gasteiger partial charge in [-0.15, -0.1) is 0 Å². The van der Waals surface area contributed by atoms with Crippen LogP contribution in [0, 0.1) is 0 Å². The van der Waals surface area contributed by atoms with Crippen LogP contribution in [0.1, 0.15) is 20.3 Å². The van der Waals surface area contributed by atoms with Gasteiger partial charge in [0.1, 0.15) is 0 Å². The summed E-state index contributed by atoms with van der Waals surface area (Å²) in [4.78, 5) is 0. The summed E-state index contributed by atoms with van der Waals surface area (Å²) in [6, 6.07) is 21.4. The van der Waals surface area contributed by atoms with Gasteiger partial charge in [-0.05, 0) is 21.5 Å². The average molecular weight is 222 g/mol. The fraction of sp³-hybridized carbons (Fsp3) is 0.176. The van der Waals surface area contributed by atoms with Crippen molar-refractivity contribution >= 4 is 21.5 Å². The van der Waals surface area contributed by atoms with Gasteiger partial charge < -0.3 is 0 Å². The number of rotatable bonds is 0. The molecule has 0 aliphatic rings. The number of fused-ring (bicyclic) bond motifs is 3. The fourth-order valence-corrected chi connectivity index (χ4v) is 1.95. The molecule has 0 heterocycles. The lowest BCUT2D eigenvalue weighted by Crippen LogP contribution is -1.75. The van der Waals surface area contributed by atoms with Gasteiger partial charge in [-0.3, -0.25) is 0 Å². The zero-order chi connectivity index (χ0) is 12.1. The van der Waals surface area contributed by atoms with E-state index in [1.165, 1.54) is 28.0 Å². The van der Waals surface area contributed by atoms with Crippen LogP contribution in [0.3, 0.4) is 0 Å². The maximum absolute atomic E-state index is 2.18. The molecule has 0 aliphatic heterocycles. The van der Waals surface area contributed by atoms with Crippen molar-refractivity contribution in [3.8, 4) is 0 Å². The van der Waals surface area contributed by atoms with Gasteiger partial charge in [0.2, 0.25) is 0 Å². The summed E-state index contributed by atoms with van der Waals surface area (Å²) in [5, 5.41) is 5.30. The fourth-order valence-electron chi connectivity index (χ4n) is 1.95. The number of hydrogen-bond donors (Lipinski definition) is 0. The van der Waals surface area contributed by atoms with E-state index in [1.54, 1.807) is 0 Å². The molecule has 0 atom stereocenters. The third-order valence-corrected chi connectivity index (χ3v) is 2.65. The highest BCUT2D eigenvalue weighted by atomic mass is 14.0. The quantitative estimate of drug-likeness (QED) is 0.446. The van der Waals surface area contributed by atoms with E-state index in [-0.39, 0.29) is 0 Å². The molecular weight excluding hydrogens is 204 g/mol. The van der Waals surface area contributed by atoms with Crippen molar-refractivity contribution in [2.45, 2.75) is 20.3 Å². The summed E-state index contributed by atoms with van der Waals surface area (Å²) < 4.78 is 0. The van der Waals surface area contributed by atoms with E-state index in [0.717, 1.165) is 0 Å².